The summed E-state index contributed by atoms with van der Waals surface area (Å²) in [5, 5.41) is 3.76. The monoisotopic (exact) mass is 649 g/mol. The van der Waals surface area contributed by atoms with E-state index in [1.807, 2.05) is 37.4 Å². The number of aromatic amines is 1. The molecule has 0 saturated carbocycles. The van der Waals surface area contributed by atoms with Crippen molar-refractivity contribution < 1.29 is 22.7 Å². The highest BCUT2D eigenvalue weighted by Gasteiger charge is 2.28. The van der Waals surface area contributed by atoms with Gasteiger partial charge in [-0.25, -0.2) is 13.1 Å². The van der Waals surface area contributed by atoms with Crippen molar-refractivity contribution in [3.63, 3.8) is 0 Å². The quantitative estimate of drug-likeness (QED) is 0.228. The van der Waals surface area contributed by atoms with Crippen LogP contribution < -0.4 is 14.8 Å². The minimum absolute atomic E-state index is 0.144. The second-order valence-corrected chi connectivity index (χ2v) is 14.7. The first kappa shape index (κ1) is 28.0. The highest BCUT2D eigenvalue weighted by molar-refractivity contribution is 14.2. The third-order valence-electron chi connectivity index (χ3n) is 6.42. The van der Waals surface area contributed by atoms with Crippen LogP contribution in [0.25, 0.3) is 10.9 Å². The fourth-order valence-corrected chi connectivity index (χ4v) is 9.00. The normalized spacial score (nSPS) is 18.1. The standard InChI is InChI=1S/C28H32IN3O5S/c1-5-29-22-10-17(2)11-24(14-22)38(35,36)32-28(34)20-7-6-19(27(13-20)37-4)12-21-16-30-26-9-8-23(15-25(21)26)31-18(3)33/h5-9,13-17,22,30H,10-12H2,1-4H3,(H,31,33)(H,32,34)/t17-,22?/m1/s1. The number of carbonyl (C=O) groups excluding carboxylic acids is 2. The molecule has 0 radical (unpaired) electrons. The van der Waals surface area contributed by atoms with Crippen LogP contribution in [0.15, 0.2) is 53.6 Å². The Morgan fingerprint density at radius 2 is 1.97 bits per heavy atom. The van der Waals surface area contributed by atoms with Crippen molar-refractivity contribution in [3.8, 4) is 5.75 Å². The van der Waals surface area contributed by atoms with Gasteiger partial charge in [0.1, 0.15) is 5.75 Å². The molecule has 2 aromatic carbocycles. The van der Waals surface area contributed by atoms with Crippen LogP contribution in [-0.4, -0.2) is 40.3 Å². The molecule has 0 aliphatic heterocycles. The van der Waals surface area contributed by atoms with Crippen LogP contribution in [0, 0.1) is 5.92 Å². The Bertz CT molecular complexity index is 1540. The van der Waals surface area contributed by atoms with Gasteiger partial charge in [-0.15, -0.1) is 20.7 Å². The van der Waals surface area contributed by atoms with Gasteiger partial charge in [-0.1, -0.05) is 23.1 Å². The largest absolute Gasteiger partial charge is 0.496 e. The van der Waals surface area contributed by atoms with Crippen molar-refractivity contribution in [2.75, 3.05) is 12.4 Å². The summed E-state index contributed by atoms with van der Waals surface area (Å²) in [6.45, 7) is 5.52. The second kappa shape index (κ2) is 11.8. The summed E-state index contributed by atoms with van der Waals surface area (Å²) in [5.74, 6) is -0.0934. The van der Waals surface area contributed by atoms with Crippen LogP contribution in [0.5, 0.6) is 5.75 Å². The Kier molecular flexibility index (Phi) is 8.71. The van der Waals surface area contributed by atoms with Crippen molar-refractivity contribution in [2.45, 2.75) is 44.0 Å². The molecular weight excluding hydrogens is 617 g/mol. The van der Waals surface area contributed by atoms with E-state index < -0.39 is 15.9 Å². The lowest BCUT2D eigenvalue weighted by Gasteiger charge is -2.24. The number of hydrogen-bond acceptors (Lipinski definition) is 5. The minimum atomic E-state index is -3.93. The van der Waals surface area contributed by atoms with Crippen molar-refractivity contribution in [3.05, 3.63) is 70.3 Å². The average Bonchev–Trinajstić information content (AvgIpc) is 3.25. The van der Waals surface area contributed by atoms with Gasteiger partial charge >= 0.3 is 0 Å². The lowest BCUT2D eigenvalue weighted by Crippen LogP contribution is -2.33. The van der Waals surface area contributed by atoms with Crippen LogP contribution in [0.3, 0.4) is 0 Å². The summed E-state index contributed by atoms with van der Waals surface area (Å²) in [7, 11) is -2.41. The Balaban J connectivity index is 1.55. The average molecular weight is 650 g/mol. The molecule has 0 spiro atoms. The molecule has 3 aromatic rings. The number of hydrogen-bond donors (Lipinski definition) is 3. The number of carbonyl (C=O) groups is 2. The van der Waals surface area contributed by atoms with Gasteiger partial charge in [0.2, 0.25) is 5.91 Å². The number of ether oxygens (including phenoxy) is 1. The number of rotatable bonds is 8. The number of aromatic nitrogens is 1. The smallest absolute Gasteiger partial charge is 0.265 e. The Morgan fingerprint density at radius 3 is 2.68 bits per heavy atom. The van der Waals surface area contributed by atoms with Gasteiger partial charge in [0.05, 0.1) is 12.0 Å². The molecule has 0 bridgehead atoms. The summed E-state index contributed by atoms with van der Waals surface area (Å²) >= 11 is -0.224. The molecule has 2 atom stereocenters. The minimum Gasteiger partial charge on any atom is -0.496 e. The number of anilines is 1. The Morgan fingerprint density at radius 1 is 1.18 bits per heavy atom. The number of sulfonamides is 1. The van der Waals surface area contributed by atoms with E-state index in [1.165, 1.54) is 14.0 Å². The van der Waals surface area contributed by atoms with Gasteiger partial charge in [-0.2, -0.15) is 0 Å². The summed E-state index contributed by atoms with van der Waals surface area (Å²) in [6, 6.07) is 10.6. The molecule has 0 saturated heterocycles. The molecule has 1 aromatic heterocycles. The van der Waals surface area contributed by atoms with Crippen LogP contribution >= 0.6 is 20.7 Å². The number of halogens is 1. The van der Waals surface area contributed by atoms with Gasteiger partial charge < -0.3 is 15.0 Å². The number of nitrogens with one attached hydrogen (secondary N) is 3. The summed E-state index contributed by atoms with van der Waals surface area (Å²) < 4.78 is 36.4. The van der Waals surface area contributed by atoms with Crippen LogP contribution in [0.2, 0.25) is 0 Å². The summed E-state index contributed by atoms with van der Waals surface area (Å²) in [4.78, 5) is 28.0. The van der Waals surface area contributed by atoms with E-state index >= 15 is 0 Å². The molecule has 8 nitrogen and oxygen atoms in total. The van der Waals surface area contributed by atoms with Crippen molar-refractivity contribution in [1.82, 2.24) is 9.71 Å². The summed E-state index contributed by atoms with van der Waals surface area (Å²) in [6.07, 6.45) is 5.67. The zero-order valence-corrected chi connectivity index (χ0v) is 24.8. The lowest BCUT2D eigenvalue weighted by molar-refractivity contribution is -0.114. The first-order chi connectivity index (χ1) is 18.1. The van der Waals surface area contributed by atoms with Gasteiger partial charge in [0.25, 0.3) is 15.9 Å². The van der Waals surface area contributed by atoms with Crippen molar-refractivity contribution in [1.29, 1.82) is 0 Å². The SMILES string of the molecule is CC=IC1C=C(S(=O)(=O)NC(=O)c2ccc(Cc3c[nH]c4ccc(NC(C)=O)cc34)c(OC)c2)C[C@H](C)C1. The van der Waals surface area contributed by atoms with E-state index in [0.29, 0.717) is 29.2 Å². The van der Waals surface area contributed by atoms with Gasteiger partial charge in [0.15, 0.2) is 0 Å². The number of alkyl halides is 1. The molecule has 3 N–H and O–H groups in total. The van der Waals surface area contributed by atoms with E-state index in [-0.39, 0.29) is 42.0 Å². The molecule has 10 heteroatoms. The predicted molar refractivity (Wildman–Crippen MR) is 161 cm³/mol. The summed E-state index contributed by atoms with van der Waals surface area (Å²) in [5.41, 5.74) is 3.67. The molecule has 202 valence electrons. The number of H-pyrrole nitrogens is 1. The predicted octanol–water partition coefficient (Wildman–Crippen LogP) is 5.26. The van der Waals surface area contributed by atoms with Crippen LogP contribution in [-0.2, 0) is 21.2 Å². The Hall–Kier alpha value is -2.99. The first-order valence-corrected chi connectivity index (χ1v) is 16.3. The maximum atomic E-state index is 13.1. The molecule has 4 rings (SSSR count). The zero-order valence-electron chi connectivity index (χ0n) is 21.8. The molecule has 0 fully saturated rings. The first-order valence-electron chi connectivity index (χ1n) is 12.3. The van der Waals surface area contributed by atoms with E-state index in [4.69, 9.17) is 4.74 Å². The highest BCUT2D eigenvalue weighted by Crippen LogP contribution is 2.33. The van der Waals surface area contributed by atoms with Gasteiger partial charge in [-0.05, 0) is 67.1 Å². The fraction of sp³-hybridized carbons (Fsp3) is 0.321. The molecule has 1 unspecified atom stereocenters. The molecule has 38 heavy (non-hydrogen) atoms. The number of methoxy groups -OCH3 is 1. The lowest BCUT2D eigenvalue weighted by atomic mass is 9.96. The van der Waals surface area contributed by atoms with Crippen LogP contribution in [0.4, 0.5) is 5.69 Å². The zero-order chi connectivity index (χ0) is 27.4. The maximum Gasteiger partial charge on any atom is 0.265 e. The topological polar surface area (TPSA) is 117 Å². The number of amides is 2. The second-order valence-electron chi connectivity index (χ2n) is 9.43. The molecule has 1 heterocycles. The van der Waals surface area contributed by atoms with E-state index in [0.717, 1.165) is 28.5 Å². The number of benzene rings is 2. The van der Waals surface area contributed by atoms with E-state index in [9.17, 15) is 18.0 Å². The fourth-order valence-electron chi connectivity index (χ4n) is 4.69. The van der Waals surface area contributed by atoms with Crippen molar-refractivity contribution in [2.24, 2.45) is 5.92 Å². The number of allylic oxidation sites excluding steroid dienone is 2. The Labute approximate surface area is 233 Å². The van der Waals surface area contributed by atoms with Gasteiger partial charge in [-0.3, -0.25) is 9.59 Å². The van der Waals surface area contributed by atoms with E-state index in [1.54, 1.807) is 18.2 Å². The molecule has 2 amide bonds. The van der Waals surface area contributed by atoms with Crippen LogP contribution in [0.1, 0.15) is 55.1 Å². The third kappa shape index (κ3) is 6.52. The molecular formula is C28H32IN3O5S. The van der Waals surface area contributed by atoms with E-state index in [2.05, 4.69) is 26.0 Å². The van der Waals surface area contributed by atoms with Crippen molar-refractivity contribution >= 4 is 63.2 Å². The maximum absolute atomic E-state index is 13.1. The highest BCUT2D eigenvalue weighted by atomic mass is 127. The number of fused-ring (bicyclic) bond motifs is 1. The molecule has 1 aliphatic carbocycles. The van der Waals surface area contributed by atoms with Gasteiger partial charge in [0, 0.05) is 45.6 Å². The third-order valence-corrected chi connectivity index (χ3v) is 10.4. The molecule has 1 aliphatic rings.